The van der Waals surface area contributed by atoms with E-state index in [0.717, 1.165) is 5.69 Å². The molecule has 2 rings (SSSR count). The van der Waals surface area contributed by atoms with Gasteiger partial charge >= 0.3 is 0 Å². The van der Waals surface area contributed by atoms with Gasteiger partial charge in [-0.1, -0.05) is 0 Å². The highest BCUT2D eigenvalue weighted by molar-refractivity contribution is 5.96. The number of aromatic nitrogens is 1. The third-order valence-corrected chi connectivity index (χ3v) is 3.40. The van der Waals surface area contributed by atoms with E-state index in [0.29, 0.717) is 18.8 Å². The summed E-state index contributed by atoms with van der Waals surface area (Å²) in [7, 11) is 5.63. The summed E-state index contributed by atoms with van der Waals surface area (Å²) in [6.07, 6.45) is 2.19. The fourth-order valence-electron chi connectivity index (χ4n) is 2.09. The van der Waals surface area contributed by atoms with Crippen molar-refractivity contribution in [3.8, 4) is 0 Å². The number of nitrogens with zero attached hydrogens (tertiary/aromatic N) is 3. The maximum atomic E-state index is 12.0. The maximum absolute atomic E-state index is 12.0. The molecule has 108 valence electrons. The smallest absolute Gasteiger partial charge is 0.228 e. The molecular formula is C13H20N6O. The number of nitrogens with one attached hydrogen (secondary N) is 3. The van der Waals surface area contributed by atoms with Gasteiger partial charge in [0.25, 0.3) is 0 Å². The van der Waals surface area contributed by atoms with Crippen LogP contribution >= 0.6 is 0 Å². The van der Waals surface area contributed by atoms with Crippen molar-refractivity contribution in [2.24, 2.45) is 0 Å². The van der Waals surface area contributed by atoms with E-state index >= 15 is 0 Å². The quantitative estimate of drug-likeness (QED) is 0.547. The zero-order valence-corrected chi connectivity index (χ0v) is 12.0. The molecule has 0 aliphatic carbocycles. The molecule has 1 fully saturated rings. The molecule has 1 aromatic heterocycles. The van der Waals surface area contributed by atoms with Gasteiger partial charge in [0.1, 0.15) is 5.82 Å². The molecule has 7 heteroatoms. The van der Waals surface area contributed by atoms with Crippen molar-refractivity contribution < 1.29 is 4.79 Å². The molecule has 7 nitrogen and oxygen atoms in total. The van der Waals surface area contributed by atoms with Crippen LogP contribution in [0.5, 0.6) is 0 Å². The second-order valence-corrected chi connectivity index (χ2v) is 4.98. The highest BCUT2D eigenvalue weighted by Crippen LogP contribution is 2.23. The fraction of sp³-hybridized carbons (Fsp3) is 0.462. The summed E-state index contributed by atoms with van der Waals surface area (Å²) >= 11 is 0. The summed E-state index contributed by atoms with van der Waals surface area (Å²) in [5.74, 6) is 0.869. The summed E-state index contributed by atoms with van der Waals surface area (Å²) in [6.45, 7) is 0.687. The van der Waals surface area contributed by atoms with E-state index in [4.69, 9.17) is 5.41 Å². The molecular weight excluding hydrogens is 256 g/mol. The largest absolute Gasteiger partial charge is 0.359 e. The normalized spacial score (nSPS) is 18.5. The molecule has 1 amide bonds. The molecule has 1 atom stereocenters. The van der Waals surface area contributed by atoms with Crippen LogP contribution in [0.25, 0.3) is 0 Å². The van der Waals surface area contributed by atoms with E-state index in [1.165, 1.54) is 0 Å². The molecule has 1 unspecified atom stereocenters. The Hall–Kier alpha value is -2.15. The van der Waals surface area contributed by atoms with Gasteiger partial charge in [0.05, 0.1) is 11.9 Å². The number of hydrogen-bond acceptors (Lipinski definition) is 4. The van der Waals surface area contributed by atoms with E-state index in [1.807, 2.05) is 20.2 Å². The van der Waals surface area contributed by atoms with Crippen molar-refractivity contribution in [1.29, 1.82) is 5.41 Å². The lowest BCUT2D eigenvalue weighted by atomic mass is 10.2. The third kappa shape index (κ3) is 3.05. The van der Waals surface area contributed by atoms with Gasteiger partial charge in [0.15, 0.2) is 5.96 Å². The van der Waals surface area contributed by atoms with Gasteiger partial charge in [0.2, 0.25) is 5.91 Å². The fourth-order valence-corrected chi connectivity index (χ4v) is 2.09. The first-order chi connectivity index (χ1) is 9.51. The van der Waals surface area contributed by atoms with Gasteiger partial charge in [-0.3, -0.25) is 10.2 Å². The van der Waals surface area contributed by atoms with Gasteiger partial charge < -0.3 is 20.4 Å². The van der Waals surface area contributed by atoms with Crippen LogP contribution in [0.3, 0.4) is 0 Å². The third-order valence-electron chi connectivity index (χ3n) is 3.40. The van der Waals surface area contributed by atoms with Gasteiger partial charge in [-0.15, -0.1) is 0 Å². The summed E-state index contributed by atoms with van der Waals surface area (Å²) in [5.41, 5.74) is 0.792. The van der Waals surface area contributed by atoms with Crippen LogP contribution < -0.4 is 15.5 Å². The molecule has 1 saturated heterocycles. The van der Waals surface area contributed by atoms with Crippen LogP contribution in [-0.2, 0) is 4.79 Å². The highest BCUT2D eigenvalue weighted by Gasteiger charge is 2.31. The van der Waals surface area contributed by atoms with Crippen LogP contribution in [0.2, 0.25) is 0 Å². The average Bonchev–Trinajstić information content (AvgIpc) is 2.82. The Balaban J connectivity index is 2.07. The second-order valence-electron chi connectivity index (χ2n) is 4.98. The second kappa shape index (κ2) is 5.87. The Morgan fingerprint density at radius 3 is 2.75 bits per heavy atom. The monoisotopic (exact) mass is 276 g/mol. The summed E-state index contributed by atoms with van der Waals surface area (Å²) < 4.78 is 0. The van der Waals surface area contributed by atoms with Crippen molar-refractivity contribution in [3.63, 3.8) is 0 Å². The first kappa shape index (κ1) is 14.3. The molecule has 1 aromatic rings. The lowest BCUT2D eigenvalue weighted by Crippen LogP contribution is -2.32. The van der Waals surface area contributed by atoms with E-state index in [2.05, 4.69) is 20.5 Å². The van der Waals surface area contributed by atoms with Crippen LogP contribution in [0.1, 0.15) is 6.42 Å². The summed E-state index contributed by atoms with van der Waals surface area (Å²) in [4.78, 5) is 20.0. The van der Waals surface area contributed by atoms with Gasteiger partial charge in [0, 0.05) is 26.1 Å². The number of hydrogen-bond donors (Lipinski definition) is 3. The SMILES string of the molecule is CNC(=N)Nc1ccc(N2CC(N(C)C)CC2=O)cn1. The van der Waals surface area contributed by atoms with Gasteiger partial charge in [-0.05, 0) is 26.2 Å². The van der Waals surface area contributed by atoms with Crippen LogP contribution in [0, 0.1) is 5.41 Å². The van der Waals surface area contributed by atoms with E-state index in [1.54, 1.807) is 24.2 Å². The first-order valence-corrected chi connectivity index (χ1v) is 6.47. The molecule has 0 saturated carbocycles. The lowest BCUT2D eigenvalue weighted by molar-refractivity contribution is -0.117. The minimum Gasteiger partial charge on any atom is -0.359 e. The van der Waals surface area contributed by atoms with Crippen LogP contribution in [-0.4, -0.2) is 55.5 Å². The lowest BCUT2D eigenvalue weighted by Gasteiger charge is -2.20. The Morgan fingerprint density at radius 1 is 1.50 bits per heavy atom. The predicted molar refractivity (Wildman–Crippen MR) is 79.1 cm³/mol. The number of guanidine groups is 1. The Labute approximate surface area is 118 Å². The van der Waals surface area contributed by atoms with Gasteiger partial charge in [-0.2, -0.15) is 0 Å². The molecule has 1 aliphatic heterocycles. The highest BCUT2D eigenvalue weighted by atomic mass is 16.2. The first-order valence-electron chi connectivity index (χ1n) is 6.47. The number of amides is 1. The molecule has 0 bridgehead atoms. The minimum absolute atomic E-state index is 0.120. The molecule has 0 spiro atoms. The summed E-state index contributed by atoms with van der Waals surface area (Å²) in [5, 5.41) is 12.9. The summed E-state index contributed by atoms with van der Waals surface area (Å²) in [6, 6.07) is 3.85. The van der Waals surface area contributed by atoms with E-state index in [9.17, 15) is 4.79 Å². The predicted octanol–water partition coefficient (Wildman–Crippen LogP) is 0.315. The number of carbonyl (C=O) groups is 1. The Kier molecular flexibility index (Phi) is 4.19. The number of carbonyl (C=O) groups excluding carboxylic acids is 1. The van der Waals surface area contributed by atoms with Gasteiger partial charge in [-0.25, -0.2) is 4.98 Å². The molecule has 3 N–H and O–H groups in total. The Bertz CT molecular complexity index is 498. The maximum Gasteiger partial charge on any atom is 0.228 e. The zero-order valence-electron chi connectivity index (χ0n) is 12.0. The van der Waals surface area contributed by atoms with Crippen molar-refractivity contribution in [2.45, 2.75) is 12.5 Å². The van der Waals surface area contributed by atoms with Crippen molar-refractivity contribution >= 4 is 23.4 Å². The number of rotatable bonds is 3. The van der Waals surface area contributed by atoms with Crippen molar-refractivity contribution in [2.75, 3.05) is 37.9 Å². The van der Waals surface area contributed by atoms with Crippen molar-refractivity contribution in [1.82, 2.24) is 15.2 Å². The molecule has 1 aliphatic rings. The molecule has 0 radical (unpaired) electrons. The van der Waals surface area contributed by atoms with Crippen molar-refractivity contribution in [3.05, 3.63) is 18.3 Å². The topological polar surface area (TPSA) is 84.4 Å². The Morgan fingerprint density at radius 2 is 2.25 bits per heavy atom. The van der Waals surface area contributed by atoms with E-state index in [-0.39, 0.29) is 17.9 Å². The average molecular weight is 276 g/mol. The zero-order chi connectivity index (χ0) is 14.7. The molecule has 2 heterocycles. The number of pyridine rings is 1. The standard InChI is InChI=1S/C13H20N6O/c1-15-13(14)17-11-5-4-9(7-16-11)19-8-10(18(2)3)6-12(19)20/h4-5,7,10H,6,8H2,1-3H3,(H3,14,15,16,17). The number of anilines is 2. The number of likely N-dealkylation sites (N-methyl/N-ethyl adjacent to an activating group) is 1. The van der Waals surface area contributed by atoms with Crippen LogP contribution in [0.4, 0.5) is 11.5 Å². The molecule has 0 aromatic carbocycles. The molecule has 20 heavy (non-hydrogen) atoms. The van der Waals surface area contributed by atoms with Crippen LogP contribution in [0.15, 0.2) is 18.3 Å². The minimum atomic E-state index is 0.120. The van der Waals surface area contributed by atoms with E-state index < -0.39 is 0 Å².